The predicted molar refractivity (Wildman–Crippen MR) is 83.5 cm³/mol. The standard InChI is InChI=1S/C18H24O2/c1-6-8-15(19)16-11-13-9-12(7-2)10-14(17(13)20-16)18(3,4)5/h9-11H,6-8H2,1-5H3. The second-order valence-electron chi connectivity index (χ2n) is 6.45. The SMILES string of the molecule is CCCC(=O)c1cc2cc(CC)cc(C(C)(C)C)c2o1. The van der Waals surface area contributed by atoms with E-state index in [0.717, 1.165) is 23.8 Å². The van der Waals surface area contributed by atoms with Crippen LogP contribution in [-0.2, 0) is 11.8 Å². The van der Waals surface area contributed by atoms with Crippen molar-refractivity contribution >= 4 is 16.8 Å². The monoisotopic (exact) mass is 272 g/mol. The number of aryl methyl sites for hydroxylation is 1. The van der Waals surface area contributed by atoms with Gasteiger partial charge in [-0.25, -0.2) is 0 Å². The molecular weight excluding hydrogens is 248 g/mol. The Morgan fingerprint density at radius 2 is 1.85 bits per heavy atom. The summed E-state index contributed by atoms with van der Waals surface area (Å²) in [5, 5.41) is 1.05. The third-order valence-electron chi connectivity index (χ3n) is 3.64. The first kappa shape index (κ1) is 14.8. The summed E-state index contributed by atoms with van der Waals surface area (Å²) in [4.78, 5) is 12.0. The molecule has 108 valence electrons. The Kier molecular flexibility index (Phi) is 4.03. The summed E-state index contributed by atoms with van der Waals surface area (Å²) < 4.78 is 5.89. The average Bonchev–Trinajstić information content (AvgIpc) is 2.80. The van der Waals surface area contributed by atoms with Crippen molar-refractivity contribution in [2.45, 2.75) is 59.3 Å². The second-order valence-corrected chi connectivity index (χ2v) is 6.45. The Bertz CT molecular complexity index is 627. The largest absolute Gasteiger partial charge is 0.453 e. The number of hydrogen-bond acceptors (Lipinski definition) is 2. The Balaban J connectivity index is 2.63. The zero-order valence-corrected chi connectivity index (χ0v) is 13.2. The number of carbonyl (C=O) groups is 1. The van der Waals surface area contributed by atoms with E-state index < -0.39 is 0 Å². The van der Waals surface area contributed by atoms with Gasteiger partial charge in [-0.15, -0.1) is 0 Å². The molecule has 0 spiro atoms. The zero-order valence-electron chi connectivity index (χ0n) is 13.2. The molecule has 2 nitrogen and oxygen atoms in total. The van der Waals surface area contributed by atoms with Crippen molar-refractivity contribution in [1.29, 1.82) is 0 Å². The number of hydrogen-bond donors (Lipinski definition) is 0. The Hall–Kier alpha value is -1.57. The van der Waals surface area contributed by atoms with Gasteiger partial charge in [0, 0.05) is 17.4 Å². The molecule has 0 fully saturated rings. The first-order chi connectivity index (χ1) is 9.36. The summed E-state index contributed by atoms with van der Waals surface area (Å²) in [6.07, 6.45) is 2.38. The molecule has 0 saturated carbocycles. The normalized spacial score (nSPS) is 12.1. The molecule has 1 aromatic heterocycles. The van der Waals surface area contributed by atoms with Crippen molar-refractivity contribution in [1.82, 2.24) is 0 Å². The van der Waals surface area contributed by atoms with E-state index >= 15 is 0 Å². The molecule has 2 aromatic rings. The van der Waals surface area contributed by atoms with Crippen LogP contribution in [-0.4, -0.2) is 5.78 Å². The molecule has 0 aliphatic heterocycles. The van der Waals surface area contributed by atoms with Crippen LogP contribution >= 0.6 is 0 Å². The fourth-order valence-corrected chi connectivity index (χ4v) is 2.46. The van der Waals surface area contributed by atoms with Gasteiger partial charge in [-0.1, -0.05) is 40.7 Å². The third kappa shape index (κ3) is 2.79. The molecule has 0 radical (unpaired) electrons. The van der Waals surface area contributed by atoms with Gasteiger partial charge in [0.05, 0.1) is 0 Å². The molecule has 0 amide bonds. The molecule has 0 unspecified atom stereocenters. The third-order valence-corrected chi connectivity index (χ3v) is 3.64. The minimum absolute atomic E-state index is 0.00631. The van der Waals surface area contributed by atoms with Gasteiger partial charge >= 0.3 is 0 Å². The van der Waals surface area contributed by atoms with E-state index in [1.54, 1.807) is 0 Å². The Morgan fingerprint density at radius 1 is 1.15 bits per heavy atom. The lowest BCUT2D eigenvalue weighted by Gasteiger charge is -2.20. The molecule has 0 saturated heterocycles. The molecule has 0 aliphatic carbocycles. The zero-order chi connectivity index (χ0) is 14.9. The number of benzene rings is 1. The molecule has 1 aromatic carbocycles. The quantitative estimate of drug-likeness (QED) is 0.709. The number of furan rings is 1. The van der Waals surface area contributed by atoms with Crippen molar-refractivity contribution in [3.05, 3.63) is 35.1 Å². The van der Waals surface area contributed by atoms with Crippen molar-refractivity contribution in [2.24, 2.45) is 0 Å². The molecule has 20 heavy (non-hydrogen) atoms. The van der Waals surface area contributed by atoms with Gasteiger partial charge < -0.3 is 4.42 Å². The number of rotatable bonds is 4. The highest BCUT2D eigenvalue weighted by molar-refractivity contribution is 5.98. The second kappa shape index (κ2) is 5.43. The fourth-order valence-electron chi connectivity index (χ4n) is 2.46. The Labute approximate surface area is 121 Å². The van der Waals surface area contributed by atoms with Crippen LogP contribution in [0.3, 0.4) is 0 Å². The van der Waals surface area contributed by atoms with Crippen molar-refractivity contribution in [2.75, 3.05) is 0 Å². The van der Waals surface area contributed by atoms with Gasteiger partial charge in [0.15, 0.2) is 11.5 Å². The molecule has 0 N–H and O–H groups in total. The van der Waals surface area contributed by atoms with E-state index in [1.807, 2.05) is 13.0 Å². The average molecular weight is 272 g/mol. The smallest absolute Gasteiger partial charge is 0.198 e. The van der Waals surface area contributed by atoms with Crippen LogP contribution in [0.2, 0.25) is 0 Å². The summed E-state index contributed by atoms with van der Waals surface area (Å²) in [7, 11) is 0. The lowest BCUT2D eigenvalue weighted by atomic mass is 9.85. The van der Waals surface area contributed by atoms with Crippen LogP contribution in [0, 0.1) is 0 Å². The van der Waals surface area contributed by atoms with Crippen LogP contribution in [0.1, 0.15) is 69.1 Å². The van der Waals surface area contributed by atoms with Crippen molar-refractivity contribution in [3.8, 4) is 0 Å². The van der Waals surface area contributed by atoms with E-state index in [9.17, 15) is 4.79 Å². The molecular formula is C18H24O2. The fraction of sp³-hybridized carbons (Fsp3) is 0.500. The van der Waals surface area contributed by atoms with Gasteiger partial charge in [0.2, 0.25) is 0 Å². The van der Waals surface area contributed by atoms with Crippen molar-refractivity contribution in [3.63, 3.8) is 0 Å². The first-order valence-electron chi connectivity index (χ1n) is 7.47. The first-order valence-corrected chi connectivity index (χ1v) is 7.47. The summed E-state index contributed by atoms with van der Waals surface area (Å²) in [5.41, 5.74) is 3.35. The predicted octanol–water partition coefficient (Wildman–Crippen LogP) is 5.28. The van der Waals surface area contributed by atoms with Crippen LogP contribution in [0.15, 0.2) is 22.6 Å². The highest BCUT2D eigenvalue weighted by atomic mass is 16.3. The van der Waals surface area contributed by atoms with Crippen LogP contribution in [0.4, 0.5) is 0 Å². The lowest BCUT2D eigenvalue weighted by Crippen LogP contribution is -2.11. The van der Waals surface area contributed by atoms with Gasteiger partial charge in [0.1, 0.15) is 5.58 Å². The Morgan fingerprint density at radius 3 is 2.40 bits per heavy atom. The van der Waals surface area contributed by atoms with Crippen LogP contribution in [0.5, 0.6) is 0 Å². The minimum Gasteiger partial charge on any atom is -0.453 e. The summed E-state index contributed by atoms with van der Waals surface area (Å²) >= 11 is 0. The lowest BCUT2D eigenvalue weighted by molar-refractivity contribution is 0.0957. The number of fused-ring (bicyclic) bond motifs is 1. The molecule has 2 rings (SSSR count). The molecule has 2 heteroatoms. The maximum absolute atomic E-state index is 12.0. The van der Waals surface area contributed by atoms with Gasteiger partial charge in [0.25, 0.3) is 0 Å². The highest BCUT2D eigenvalue weighted by Gasteiger charge is 2.22. The summed E-state index contributed by atoms with van der Waals surface area (Å²) in [6, 6.07) is 6.25. The number of ketones is 1. The topological polar surface area (TPSA) is 30.2 Å². The molecule has 0 bridgehead atoms. The maximum atomic E-state index is 12.0. The van der Waals surface area contributed by atoms with E-state index in [1.165, 1.54) is 11.1 Å². The van der Waals surface area contributed by atoms with Crippen molar-refractivity contribution < 1.29 is 9.21 Å². The molecule has 1 heterocycles. The van der Waals surface area contributed by atoms with Crippen LogP contribution in [0.25, 0.3) is 11.0 Å². The minimum atomic E-state index is 0.00631. The van der Waals surface area contributed by atoms with Crippen LogP contribution < -0.4 is 0 Å². The van der Waals surface area contributed by atoms with Gasteiger partial charge in [-0.3, -0.25) is 4.79 Å². The van der Waals surface area contributed by atoms with Gasteiger partial charge in [-0.2, -0.15) is 0 Å². The number of carbonyl (C=O) groups excluding carboxylic acids is 1. The molecule has 0 atom stereocenters. The van der Waals surface area contributed by atoms with E-state index in [-0.39, 0.29) is 11.2 Å². The maximum Gasteiger partial charge on any atom is 0.198 e. The number of Topliss-reactive ketones (excluding diaryl/α,β-unsaturated/α-hetero) is 1. The van der Waals surface area contributed by atoms with Gasteiger partial charge in [-0.05, 0) is 36.0 Å². The van der Waals surface area contributed by atoms with E-state index in [2.05, 4.69) is 39.8 Å². The summed E-state index contributed by atoms with van der Waals surface area (Å²) in [5.74, 6) is 0.599. The highest BCUT2D eigenvalue weighted by Crippen LogP contribution is 2.33. The molecule has 0 aliphatic rings. The summed E-state index contributed by atoms with van der Waals surface area (Å²) in [6.45, 7) is 10.7. The van der Waals surface area contributed by atoms with E-state index in [0.29, 0.717) is 12.2 Å². The van der Waals surface area contributed by atoms with E-state index in [4.69, 9.17) is 4.42 Å².